The standard InChI is InChI=1S/C26H24N2O4S/c1-16-13-17(2)26(18(3)14-16)33(30,31)28-22-15-23(25(29)20-10-6-5-9-19(20)22)27-21-11-7-8-12-24(21)32-4/h5-15,27H,1-4H3/b28-22+. The second kappa shape index (κ2) is 8.67. The Morgan fingerprint density at radius 1 is 0.879 bits per heavy atom. The van der Waals surface area contributed by atoms with Crippen LogP contribution in [0.25, 0.3) is 0 Å². The molecule has 0 bridgehead atoms. The summed E-state index contributed by atoms with van der Waals surface area (Å²) in [7, 11) is -2.49. The van der Waals surface area contributed by atoms with Crippen molar-refractivity contribution in [3.05, 3.63) is 100 Å². The first-order chi connectivity index (χ1) is 15.7. The Labute approximate surface area is 193 Å². The fraction of sp³-hybridized carbons (Fsp3) is 0.154. The van der Waals surface area contributed by atoms with Crippen LogP contribution in [0.15, 0.2) is 81.7 Å². The third kappa shape index (κ3) is 4.32. The molecule has 4 rings (SSSR count). The van der Waals surface area contributed by atoms with Gasteiger partial charge in [0.05, 0.1) is 29.1 Å². The van der Waals surface area contributed by atoms with Gasteiger partial charge >= 0.3 is 0 Å². The first-order valence-electron chi connectivity index (χ1n) is 10.4. The van der Waals surface area contributed by atoms with Crippen LogP contribution >= 0.6 is 0 Å². The molecule has 0 radical (unpaired) electrons. The maximum absolute atomic E-state index is 13.4. The average molecular weight is 461 g/mol. The Balaban J connectivity index is 1.87. The molecule has 0 aromatic heterocycles. The normalized spacial score (nSPS) is 14.6. The lowest BCUT2D eigenvalue weighted by molar-refractivity contribution is 0.103. The van der Waals surface area contributed by atoms with Crippen LogP contribution in [-0.4, -0.2) is 27.0 Å². The Kier molecular flexibility index (Phi) is 5.91. The SMILES string of the molecule is COc1ccccc1NC1=C/C(=N\S(=O)(=O)c2c(C)cc(C)cc2C)c2ccccc2C1=O. The van der Waals surface area contributed by atoms with Crippen LogP contribution in [0.4, 0.5) is 5.69 Å². The quantitative estimate of drug-likeness (QED) is 0.580. The number of benzene rings is 3. The van der Waals surface area contributed by atoms with Gasteiger partial charge in [-0.1, -0.05) is 54.1 Å². The third-order valence-corrected chi connectivity index (χ3v) is 7.03. The van der Waals surface area contributed by atoms with Crippen LogP contribution in [0.3, 0.4) is 0 Å². The van der Waals surface area contributed by atoms with E-state index in [2.05, 4.69) is 9.71 Å². The molecule has 168 valence electrons. The number of para-hydroxylation sites is 2. The molecule has 3 aromatic rings. The number of allylic oxidation sites excluding steroid dienone is 2. The molecule has 1 aliphatic carbocycles. The average Bonchev–Trinajstić information content (AvgIpc) is 2.76. The van der Waals surface area contributed by atoms with E-state index in [-0.39, 0.29) is 22.1 Å². The number of Topliss-reactive ketones (excluding diaryl/α,β-unsaturated/α-hetero) is 1. The van der Waals surface area contributed by atoms with Gasteiger partial charge in [0.1, 0.15) is 5.75 Å². The lowest BCUT2D eigenvalue weighted by Crippen LogP contribution is -2.23. The second-order valence-corrected chi connectivity index (χ2v) is 9.48. The summed E-state index contributed by atoms with van der Waals surface area (Å²) in [6.45, 7) is 5.44. The van der Waals surface area contributed by atoms with Crippen molar-refractivity contribution in [1.29, 1.82) is 0 Å². The van der Waals surface area contributed by atoms with Crippen LogP contribution in [0.2, 0.25) is 0 Å². The zero-order chi connectivity index (χ0) is 23.8. The van der Waals surface area contributed by atoms with Gasteiger partial charge in [-0.15, -0.1) is 0 Å². The van der Waals surface area contributed by atoms with Crippen LogP contribution in [0, 0.1) is 20.8 Å². The number of nitrogens with zero attached hydrogens (tertiary/aromatic N) is 1. The van der Waals surface area contributed by atoms with E-state index in [0.717, 1.165) is 5.56 Å². The van der Waals surface area contributed by atoms with Gasteiger partial charge in [-0.2, -0.15) is 12.8 Å². The van der Waals surface area contributed by atoms with E-state index >= 15 is 0 Å². The summed E-state index contributed by atoms with van der Waals surface area (Å²) >= 11 is 0. The summed E-state index contributed by atoms with van der Waals surface area (Å²) in [5, 5.41) is 3.09. The Hall–Kier alpha value is -3.71. The maximum atomic E-state index is 13.4. The summed E-state index contributed by atoms with van der Waals surface area (Å²) in [5.74, 6) is 0.303. The lowest BCUT2D eigenvalue weighted by atomic mass is 9.92. The van der Waals surface area contributed by atoms with Crippen molar-refractivity contribution in [2.45, 2.75) is 25.7 Å². The van der Waals surface area contributed by atoms with Crippen LogP contribution in [0.1, 0.15) is 32.6 Å². The van der Waals surface area contributed by atoms with Crippen molar-refractivity contribution in [3.63, 3.8) is 0 Å². The Morgan fingerprint density at radius 3 is 2.15 bits per heavy atom. The zero-order valence-corrected chi connectivity index (χ0v) is 19.7. The van der Waals surface area contributed by atoms with Crippen molar-refractivity contribution in [2.24, 2.45) is 4.40 Å². The fourth-order valence-electron chi connectivity index (χ4n) is 4.14. The van der Waals surface area contributed by atoms with Gasteiger partial charge in [-0.05, 0) is 50.1 Å². The van der Waals surface area contributed by atoms with E-state index < -0.39 is 10.0 Å². The van der Waals surface area contributed by atoms with Gasteiger partial charge in [0, 0.05) is 11.1 Å². The third-order valence-electron chi connectivity index (χ3n) is 5.43. The molecule has 0 unspecified atom stereocenters. The Bertz CT molecular complexity index is 1410. The molecule has 33 heavy (non-hydrogen) atoms. The molecule has 0 saturated carbocycles. The molecule has 0 fully saturated rings. The summed E-state index contributed by atoms with van der Waals surface area (Å²) < 4.78 is 36.3. The molecule has 1 N–H and O–H groups in total. The van der Waals surface area contributed by atoms with Crippen LogP contribution in [0.5, 0.6) is 5.75 Å². The predicted molar refractivity (Wildman–Crippen MR) is 130 cm³/mol. The lowest BCUT2D eigenvalue weighted by Gasteiger charge is -2.20. The van der Waals surface area contributed by atoms with Crippen molar-refractivity contribution in [1.82, 2.24) is 0 Å². The van der Waals surface area contributed by atoms with Crippen molar-refractivity contribution in [3.8, 4) is 5.75 Å². The molecule has 0 saturated heterocycles. The van der Waals surface area contributed by atoms with E-state index in [1.807, 2.05) is 31.2 Å². The molecule has 0 heterocycles. The monoisotopic (exact) mass is 460 g/mol. The highest BCUT2D eigenvalue weighted by atomic mass is 32.2. The van der Waals surface area contributed by atoms with E-state index in [1.54, 1.807) is 57.4 Å². The number of nitrogens with one attached hydrogen (secondary N) is 1. The number of ketones is 1. The highest BCUT2D eigenvalue weighted by Gasteiger charge is 2.27. The van der Waals surface area contributed by atoms with Crippen molar-refractivity contribution < 1.29 is 17.9 Å². The zero-order valence-electron chi connectivity index (χ0n) is 18.8. The van der Waals surface area contributed by atoms with E-state index in [0.29, 0.717) is 33.7 Å². The van der Waals surface area contributed by atoms with Gasteiger partial charge in [-0.25, -0.2) is 0 Å². The van der Waals surface area contributed by atoms with Gasteiger partial charge < -0.3 is 10.1 Å². The number of sulfonamides is 1. The molecule has 0 spiro atoms. The minimum Gasteiger partial charge on any atom is -0.495 e. The fourth-order valence-corrected chi connectivity index (χ4v) is 5.57. The summed E-state index contributed by atoms with van der Waals surface area (Å²) in [6.07, 6.45) is 1.48. The Morgan fingerprint density at radius 2 is 1.48 bits per heavy atom. The molecule has 6 nitrogen and oxygen atoms in total. The largest absolute Gasteiger partial charge is 0.495 e. The molecule has 1 aliphatic rings. The van der Waals surface area contributed by atoms with Gasteiger partial charge in [-0.3, -0.25) is 4.79 Å². The minimum atomic E-state index is -4.03. The second-order valence-electron chi connectivity index (χ2n) is 7.94. The summed E-state index contributed by atoms with van der Waals surface area (Å²) in [6, 6.07) is 17.7. The number of fused-ring (bicyclic) bond motifs is 1. The topological polar surface area (TPSA) is 84.8 Å². The van der Waals surface area contributed by atoms with Gasteiger partial charge in [0.15, 0.2) is 0 Å². The molecule has 0 atom stereocenters. The number of carbonyl (C=O) groups is 1. The number of aryl methyl sites for hydroxylation is 3. The van der Waals surface area contributed by atoms with Crippen molar-refractivity contribution >= 4 is 27.2 Å². The minimum absolute atomic E-state index is 0.183. The first kappa shape index (κ1) is 22.5. The molecule has 7 heteroatoms. The summed E-state index contributed by atoms with van der Waals surface area (Å²) in [5.41, 5.74) is 4.09. The van der Waals surface area contributed by atoms with Gasteiger partial charge in [0.25, 0.3) is 10.0 Å². The summed E-state index contributed by atoms with van der Waals surface area (Å²) in [4.78, 5) is 13.4. The van der Waals surface area contributed by atoms with Gasteiger partial charge in [0.2, 0.25) is 5.78 Å². The number of anilines is 1. The van der Waals surface area contributed by atoms with Crippen molar-refractivity contribution in [2.75, 3.05) is 12.4 Å². The van der Waals surface area contributed by atoms with E-state index in [1.165, 1.54) is 6.08 Å². The van der Waals surface area contributed by atoms with E-state index in [4.69, 9.17) is 4.74 Å². The first-order valence-corrected chi connectivity index (χ1v) is 11.8. The highest BCUT2D eigenvalue weighted by molar-refractivity contribution is 7.90. The molecule has 0 aliphatic heterocycles. The maximum Gasteiger partial charge on any atom is 0.283 e. The van der Waals surface area contributed by atoms with E-state index in [9.17, 15) is 13.2 Å². The molecule has 3 aromatic carbocycles. The number of hydrogen-bond donors (Lipinski definition) is 1. The number of ether oxygens (including phenoxy) is 1. The van der Waals surface area contributed by atoms with Crippen LogP contribution in [-0.2, 0) is 10.0 Å². The molecule has 0 amide bonds. The molecular weight excluding hydrogens is 436 g/mol. The van der Waals surface area contributed by atoms with Crippen LogP contribution < -0.4 is 10.1 Å². The predicted octanol–water partition coefficient (Wildman–Crippen LogP) is 4.99. The highest BCUT2D eigenvalue weighted by Crippen LogP contribution is 2.30. The number of methoxy groups -OCH3 is 1. The number of carbonyl (C=O) groups excluding carboxylic acids is 1. The smallest absolute Gasteiger partial charge is 0.283 e. The number of rotatable bonds is 5. The number of hydrogen-bond acceptors (Lipinski definition) is 5. The molecular formula is C26H24N2O4S.